The highest BCUT2D eigenvalue weighted by molar-refractivity contribution is 9.10. The summed E-state index contributed by atoms with van der Waals surface area (Å²) in [5.74, 6) is 0.437. The van der Waals surface area contributed by atoms with Gasteiger partial charge in [-0.05, 0) is 55.2 Å². The number of nitrogens with zero attached hydrogens (tertiary/aromatic N) is 1. The Labute approximate surface area is 145 Å². The number of halogens is 1. The summed E-state index contributed by atoms with van der Waals surface area (Å²) in [5.41, 5.74) is 3.15. The van der Waals surface area contributed by atoms with Gasteiger partial charge in [0.15, 0.2) is 0 Å². The highest BCUT2D eigenvalue weighted by Crippen LogP contribution is 2.20. The van der Waals surface area contributed by atoms with Crippen LogP contribution in [-0.2, 0) is 0 Å². The first-order valence-corrected chi connectivity index (χ1v) is 8.52. The van der Waals surface area contributed by atoms with Crippen LogP contribution in [0.3, 0.4) is 0 Å². The number of nitrogens with one attached hydrogen (secondary N) is 2. The van der Waals surface area contributed by atoms with Crippen LogP contribution in [0.1, 0.15) is 36.3 Å². The van der Waals surface area contributed by atoms with E-state index in [0.717, 1.165) is 34.4 Å². The van der Waals surface area contributed by atoms with Gasteiger partial charge in [-0.25, -0.2) is 0 Å². The molecular weight excluding hydrogens is 354 g/mol. The number of benzene rings is 1. The van der Waals surface area contributed by atoms with Crippen LogP contribution >= 0.6 is 15.9 Å². The molecule has 1 amide bonds. The van der Waals surface area contributed by atoms with Crippen molar-refractivity contribution in [2.24, 2.45) is 5.92 Å². The zero-order valence-electron chi connectivity index (χ0n) is 13.7. The Bertz CT molecular complexity index is 686. The summed E-state index contributed by atoms with van der Waals surface area (Å²) in [6, 6.07) is 9.36. The van der Waals surface area contributed by atoms with Crippen molar-refractivity contribution in [3.63, 3.8) is 0 Å². The lowest BCUT2D eigenvalue weighted by Gasteiger charge is -2.10. The van der Waals surface area contributed by atoms with Gasteiger partial charge in [-0.1, -0.05) is 29.8 Å². The second-order valence-electron chi connectivity index (χ2n) is 5.96. The lowest BCUT2D eigenvalue weighted by atomic mass is 10.1. The number of aromatic nitrogens is 1. The van der Waals surface area contributed by atoms with Crippen molar-refractivity contribution in [3.05, 3.63) is 52.3 Å². The van der Waals surface area contributed by atoms with Gasteiger partial charge in [0.25, 0.3) is 5.91 Å². The van der Waals surface area contributed by atoms with E-state index in [1.165, 1.54) is 0 Å². The summed E-state index contributed by atoms with van der Waals surface area (Å²) >= 11 is 3.45. The molecule has 1 heterocycles. The second-order valence-corrected chi connectivity index (χ2v) is 6.81. The molecule has 0 aliphatic carbocycles. The van der Waals surface area contributed by atoms with Crippen molar-refractivity contribution >= 4 is 33.2 Å². The molecule has 0 spiro atoms. The predicted octanol–water partition coefficient (Wildman–Crippen LogP) is 4.86. The van der Waals surface area contributed by atoms with Gasteiger partial charge in [0, 0.05) is 28.6 Å². The van der Waals surface area contributed by atoms with E-state index in [2.05, 4.69) is 45.4 Å². The second kappa shape index (κ2) is 8.11. The van der Waals surface area contributed by atoms with E-state index in [1.54, 1.807) is 12.3 Å². The average molecular weight is 376 g/mol. The minimum absolute atomic E-state index is 0.209. The Morgan fingerprint density at radius 2 is 2.00 bits per heavy atom. The largest absolute Gasteiger partial charge is 0.385 e. The van der Waals surface area contributed by atoms with Crippen LogP contribution in [0.4, 0.5) is 11.4 Å². The molecule has 0 radical (unpaired) electrons. The van der Waals surface area contributed by atoms with Gasteiger partial charge in [-0.2, -0.15) is 0 Å². The minimum Gasteiger partial charge on any atom is -0.385 e. The first-order chi connectivity index (χ1) is 11.0. The van der Waals surface area contributed by atoms with Gasteiger partial charge in [-0.3, -0.25) is 9.78 Å². The number of aryl methyl sites for hydroxylation is 1. The Kier molecular flexibility index (Phi) is 6.16. The average Bonchev–Trinajstić information content (AvgIpc) is 2.51. The maximum absolute atomic E-state index is 12.3. The molecule has 5 heteroatoms. The number of carbonyl (C=O) groups is 1. The smallest absolute Gasteiger partial charge is 0.274 e. The van der Waals surface area contributed by atoms with Gasteiger partial charge >= 0.3 is 0 Å². The van der Waals surface area contributed by atoms with E-state index >= 15 is 0 Å². The number of hydrogen-bond donors (Lipinski definition) is 2. The SMILES string of the molecule is Cc1cc(NC(=O)c2cc(NCCC(C)C)ccn2)ccc1Br. The lowest BCUT2D eigenvalue weighted by molar-refractivity contribution is 0.102. The summed E-state index contributed by atoms with van der Waals surface area (Å²) in [7, 11) is 0. The molecule has 23 heavy (non-hydrogen) atoms. The number of pyridine rings is 1. The quantitative estimate of drug-likeness (QED) is 0.757. The fourth-order valence-electron chi connectivity index (χ4n) is 2.09. The van der Waals surface area contributed by atoms with Crippen LogP contribution < -0.4 is 10.6 Å². The van der Waals surface area contributed by atoms with Gasteiger partial charge < -0.3 is 10.6 Å². The molecule has 0 aliphatic rings. The van der Waals surface area contributed by atoms with E-state index in [0.29, 0.717) is 11.6 Å². The zero-order chi connectivity index (χ0) is 16.8. The van der Waals surface area contributed by atoms with E-state index in [4.69, 9.17) is 0 Å². The molecule has 0 fully saturated rings. The van der Waals surface area contributed by atoms with Crippen LogP contribution in [0.2, 0.25) is 0 Å². The van der Waals surface area contributed by atoms with Gasteiger partial charge in [-0.15, -0.1) is 0 Å². The third-order valence-electron chi connectivity index (χ3n) is 3.46. The number of carbonyl (C=O) groups excluding carboxylic acids is 1. The normalized spacial score (nSPS) is 10.7. The van der Waals surface area contributed by atoms with E-state index in [9.17, 15) is 4.79 Å². The monoisotopic (exact) mass is 375 g/mol. The van der Waals surface area contributed by atoms with Crippen molar-refractivity contribution in [1.29, 1.82) is 0 Å². The third kappa shape index (κ3) is 5.36. The third-order valence-corrected chi connectivity index (χ3v) is 4.35. The van der Waals surface area contributed by atoms with Crippen molar-refractivity contribution in [2.75, 3.05) is 17.2 Å². The standard InChI is InChI=1S/C18H22BrN3O/c1-12(2)6-8-20-14-7-9-21-17(11-14)18(23)22-15-4-5-16(19)13(3)10-15/h4-5,7,9-12H,6,8H2,1-3H3,(H,20,21)(H,22,23). The molecule has 122 valence electrons. The number of hydrogen-bond acceptors (Lipinski definition) is 3. The first-order valence-electron chi connectivity index (χ1n) is 7.73. The molecule has 2 N–H and O–H groups in total. The van der Waals surface area contributed by atoms with Crippen molar-refractivity contribution in [3.8, 4) is 0 Å². The number of amides is 1. The Morgan fingerprint density at radius 3 is 2.70 bits per heavy atom. The highest BCUT2D eigenvalue weighted by atomic mass is 79.9. The van der Waals surface area contributed by atoms with Crippen molar-refractivity contribution in [1.82, 2.24) is 4.98 Å². The maximum Gasteiger partial charge on any atom is 0.274 e. The first kappa shape index (κ1) is 17.5. The minimum atomic E-state index is -0.209. The van der Waals surface area contributed by atoms with Crippen LogP contribution in [0.5, 0.6) is 0 Å². The molecule has 0 atom stereocenters. The molecule has 2 rings (SSSR count). The van der Waals surface area contributed by atoms with Crippen LogP contribution in [0, 0.1) is 12.8 Å². The molecule has 1 aromatic carbocycles. The summed E-state index contributed by atoms with van der Waals surface area (Å²) < 4.78 is 1.02. The molecule has 0 bridgehead atoms. The van der Waals surface area contributed by atoms with Gasteiger partial charge in [0.2, 0.25) is 0 Å². The molecular formula is C18H22BrN3O. The highest BCUT2D eigenvalue weighted by Gasteiger charge is 2.09. The zero-order valence-corrected chi connectivity index (χ0v) is 15.3. The van der Waals surface area contributed by atoms with Gasteiger partial charge in [0.05, 0.1) is 0 Å². The Balaban J connectivity index is 2.02. The molecule has 4 nitrogen and oxygen atoms in total. The van der Waals surface area contributed by atoms with E-state index < -0.39 is 0 Å². The summed E-state index contributed by atoms with van der Waals surface area (Å²) in [5, 5.41) is 6.20. The number of rotatable bonds is 6. The number of anilines is 2. The summed E-state index contributed by atoms with van der Waals surface area (Å²) in [4.78, 5) is 16.5. The fourth-order valence-corrected chi connectivity index (χ4v) is 2.33. The fraction of sp³-hybridized carbons (Fsp3) is 0.333. The van der Waals surface area contributed by atoms with Crippen LogP contribution in [-0.4, -0.2) is 17.4 Å². The Morgan fingerprint density at radius 1 is 1.22 bits per heavy atom. The summed E-state index contributed by atoms with van der Waals surface area (Å²) in [6.45, 7) is 7.24. The van der Waals surface area contributed by atoms with E-state index in [1.807, 2.05) is 31.2 Å². The van der Waals surface area contributed by atoms with Crippen molar-refractivity contribution in [2.45, 2.75) is 27.2 Å². The van der Waals surface area contributed by atoms with Crippen LogP contribution in [0.25, 0.3) is 0 Å². The van der Waals surface area contributed by atoms with Crippen molar-refractivity contribution < 1.29 is 4.79 Å². The molecule has 0 unspecified atom stereocenters. The predicted molar refractivity (Wildman–Crippen MR) is 99.0 cm³/mol. The molecule has 0 aliphatic heterocycles. The van der Waals surface area contributed by atoms with Gasteiger partial charge in [0.1, 0.15) is 5.69 Å². The lowest BCUT2D eigenvalue weighted by Crippen LogP contribution is -2.14. The Hall–Kier alpha value is -1.88. The maximum atomic E-state index is 12.3. The van der Waals surface area contributed by atoms with Crippen LogP contribution in [0.15, 0.2) is 41.0 Å². The summed E-state index contributed by atoms with van der Waals surface area (Å²) in [6.07, 6.45) is 2.74. The molecule has 1 aromatic heterocycles. The molecule has 2 aromatic rings. The molecule has 0 saturated carbocycles. The topological polar surface area (TPSA) is 54.0 Å². The molecule has 0 saturated heterocycles. The van der Waals surface area contributed by atoms with E-state index in [-0.39, 0.29) is 5.91 Å².